The molecular weight excluding hydrogens is 418 g/mol. The van der Waals surface area contributed by atoms with E-state index in [-0.39, 0.29) is 17.9 Å². The quantitative estimate of drug-likeness (QED) is 0.549. The van der Waals surface area contributed by atoms with Gasteiger partial charge in [0, 0.05) is 47.9 Å². The molecule has 2 amide bonds. The molecular formula is C23H26ClN3O4. The standard InChI is InChI=1S/C23H26ClN3O4/c1-15(2)25-22(30)17-10-13-26(14-11-17)23(31)20(27-12-4-3-5-19(27)28)21(29)16-6-8-18(24)9-7-16/h3-9,12,15,17,20H,10-11,13-14H2,1-2H3,(H,25,30). The molecule has 0 bridgehead atoms. The van der Waals surface area contributed by atoms with Gasteiger partial charge in [-0.2, -0.15) is 0 Å². The summed E-state index contributed by atoms with van der Waals surface area (Å²) in [6.45, 7) is 4.50. The van der Waals surface area contributed by atoms with Crippen molar-refractivity contribution in [3.63, 3.8) is 0 Å². The Morgan fingerprint density at radius 3 is 2.26 bits per heavy atom. The van der Waals surface area contributed by atoms with Crippen LogP contribution in [-0.4, -0.2) is 46.2 Å². The lowest BCUT2D eigenvalue weighted by molar-refractivity contribution is -0.137. The molecule has 164 valence electrons. The minimum Gasteiger partial charge on any atom is -0.354 e. The molecule has 1 aliphatic rings. The van der Waals surface area contributed by atoms with E-state index in [9.17, 15) is 19.2 Å². The van der Waals surface area contributed by atoms with Crippen molar-refractivity contribution in [1.29, 1.82) is 0 Å². The summed E-state index contributed by atoms with van der Waals surface area (Å²) < 4.78 is 1.16. The molecule has 1 unspecified atom stereocenters. The molecule has 31 heavy (non-hydrogen) atoms. The first-order valence-electron chi connectivity index (χ1n) is 10.3. The predicted octanol–water partition coefficient (Wildman–Crippen LogP) is 2.69. The van der Waals surface area contributed by atoms with Crippen LogP contribution in [0.5, 0.6) is 0 Å². The van der Waals surface area contributed by atoms with Crippen molar-refractivity contribution in [2.45, 2.75) is 38.8 Å². The second-order valence-corrected chi connectivity index (χ2v) is 8.42. The Hall–Kier alpha value is -2.93. The van der Waals surface area contributed by atoms with Crippen LogP contribution in [0.15, 0.2) is 53.5 Å². The summed E-state index contributed by atoms with van der Waals surface area (Å²) in [7, 11) is 0. The van der Waals surface area contributed by atoms with Crippen LogP contribution < -0.4 is 10.9 Å². The summed E-state index contributed by atoms with van der Waals surface area (Å²) in [6.07, 6.45) is 2.47. The van der Waals surface area contributed by atoms with E-state index in [0.717, 1.165) is 4.57 Å². The van der Waals surface area contributed by atoms with Crippen LogP contribution in [0.3, 0.4) is 0 Å². The van der Waals surface area contributed by atoms with Crippen LogP contribution >= 0.6 is 11.6 Å². The summed E-state index contributed by atoms with van der Waals surface area (Å²) >= 11 is 5.92. The number of benzene rings is 1. The van der Waals surface area contributed by atoms with Crippen LogP contribution in [-0.2, 0) is 9.59 Å². The van der Waals surface area contributed by atoms with Crippen molar-refractivity contribution in [1.82, 2.24) is 14.8 Å². The van der Waals surface area contributed by atoms with Gasteiger partial charge in [-0.05, 0) is 57.0 Å². The van der Waals surface area contributed by atoms with E-state index in [4.69, 9.17) is 11.6 Å². The zero-order valence-electron chi connectivity index (χ0n) is 17.6. The van der Waals surface area contributed by atoms with Gasteiger partial charge in [-0.3, -0.25) is 23.7 Å². The molecule has 7 nitrogen and oxygen atoms in total. The van der Waals surface area contributed by atoms with Gasteiger partial charge in [0.1, 0.15) is 0 Å². The zero-order chi connectivity index (χ0) is 22.5. The van der Waals surface area contributed by atoms with Crippen LogP contribution in [0.4, 0.5) is 0 Å². The van der Waals surface area contributed by atoms with E-state index >= 15 is 0 Å². The van der Waals surface area contributed by atoms with Gasteiger partial charge in [0.2, 0.25) is 5.91 Å². The van der Waals surface area contributed by atoms with Crippen LogP contribution in [0.1, 0.15) is 43.1 Å². The summed E-state index contributed by atoms with van der Waals surface area (Å²) in [5.41, 5.74) is -0.140. The highest BCUT2D eigenvalue weighted by Gasteiger charge is 2.36. The Balaban J connectivity index is 1.83. The van der Waals surface area contributed by atoms with Crippen LogP contribution in [0, 0.1) is 5.92 Å². The topological polar surface area (TPSA) is 88.5 Å². The maximum absolute atomic E-state index is 13.4. The van der Waals surface area contributed by atoms with E-state index < -0.39 is 23.3 Å². The molecule has 3 rings (SSSR count). The number of hydrogen-bond acceptors (Lipinski definition) is 4. The first kappa shape index (κ1) is 22.7. The second-order valence-electron chi connectivity index (χ2n) is 7.98. The Labute approximate surface area is 186 Å². The van der Waals surface area contributed by atoms with E-state index in [1.807, 2.05) is 13.8 Å². The van der Waals surface area contributed by atoms with Gasteiger partial charge in [-0.25, -0.2) is 0 Å². The Kier molecular flexibility index (Phi) is 7.28. The van der Waals surface area contributed by atoms with Crippen molar-refractivity contribution in [2.75, 3.05) is 13.1 Å². The smallest absolute Gasteiger partial charge is 0.253 e. The largest absolute Gasteiger partial charge is 0.354 e. The second kappa shape index (κ2) is 9.92. The van der Waals surface area contributed by atoms with Crippen molar-refractivity contribution >= 4 is 29.2 Å². The maximum Gasteiger partial charge on any atom is 0.253 e. The molecule has 0 aliphatic carbocycles. The van der Waals surface area contributed by atoms with Crippen molar-refractivity contribution in [3.05, 3.63) is 69.6 Å². The fourth-order valence-corrected chi connectivity index (χ4v) is 3.85. The minimum atomic E-state index is -1.31. The molecule has 8 heteroatoms. The number of carbonyl (C=O) groups is 3. The molecule has 1 fully saturated rings. The van der Waals surface area contributed by atoms with E-state index in [1.165, 1.54) is 12.3 Å². The Bertz CT molecular complexity index is 1010. The number of rotatable bonds is 6. The summed E-state index contributed by atoms with van der Waals surface area (Å²) in [5.74, 6) is -1.11. The Morgan fingerprint density at radius 2 is 1.68 bits per heavy atom. The van der Waals surface area contributed by atoms with Crippen molar-refractivity contribution < 1.29 is 14.4 Å². The van der Waals surface area contributed by atoms with Crippen LogP contribution in [0.2, 0.25) is 5.02 Å². The average molecular weight is 444 g/mol. The number of likely N-dealkylation sites (tertiary alicyclic amines) is 1. The summed E-state index contributed by atoms with van der Waals surface area (Å²) in [5, 5.41) is 3.37. The van der Waals surface area contributed by atoms with Crippen LogP contribution in [0.25, 0.3) is 0 Å². The molecule has 0 radical (unpaired) electrons. The number of piperidine rings is 1. The van der Waals surface area contributed by atoms with Gasteiger partial charge in [0.25, 0.3) is 11.5 Å². The number of pyridine rings is 1. The first-order chi connectivity index (χ1) is 14.8. The van der Waals surface area contributed by atoms with E-state index in [1.54, 1.807) is 41.3 Å². The average Bonchev–Trinajstić information content (AvgIpc) is 2.75. The number of ketones is 1. The number of hydrogen-bond donors (Lipinski definition) is 1. The zero-order valence-corrected chi connectivity index (χ0v) is 18.3. The number of carbonyl (C=O) groups excluding carboxylic acids is 3. The number of Topliss-reactive ketones (excluding diaryl/α,β-unsaturated/α-hetero) is 1. The molecule has 2 aromatic rings. The lowest BCUT2D eigenvalue weighted by Crippen LogP contribution is -2.48. The van der Waals surface area contributed by atoms with Gasteiger partial charge in [-0.1, -0.05) is 17.7 Å². The lowest BCUT2D eigenvalue weighted by atomic mass is 9.94. The van der Waals surface area contributed by atoms with Crippen molar-refractivity contribution in [2.24, 2.45) is 5.92 Å². The maximum atomic E-state index is 13.4. The fraction of sp³-hybridized carbons (Fsp3) is 0.391. The highest BCUT2D eigenvalue weighted by atomic mass is 35.5. The van der Waals surface area contributed by atoms with E-state index in [0.29, 0.717) is 36.5 Å². The van der Waals surface area contributed by atoms with Gasteiger partial charge >= 0.3 is 0 Å². The monoisotopic (exact) mass is 443 g/mol. The third-order valence-corrected chi connectivity index (χ3v) is 5.60. The number of halogens is 1. The molecule has 1 N–H and O–H groups in total. The minimum absolute atomic E-state index is 0.0184. The van der Waals surface area contributed by atoms with E-state index in [2.05, 4.69) is 5.32 Å². The fourth-order valence-electron chi connectivity index (χ4n) is 3.72. The molecule has 0 saturated carbocycles. The molecule has 1 aromatic carbocycles. The molecule has 1 aromatic heterocycles. The number of aromatic nitrogens is 1. The lowest BCUT2D eigenvalue weighted by Gasteiger charge is -2.34. The van der Waals surface area contributed by atoms with Crippen molar-refractivity contribution in [3.8, 4) is 0 Å². The first-order valence-corrected chi connectivity index (χ1v) is 10.7. The molecule has 1 atom stereocenters. The van der Waals surface area contributed by atoms with Gasteiger partial charge < -0.3 is 10.2 Å². The summed E-state index contributed by atoms with van der Waals surface area (Å²) in [6, 6.07) is 9.46. The summed E-state index contributed by atoms with van der Waals surface area (Å²) in [4.78, 5) is 53.0. The van der Waals surface area contributed by atoms with Gasteiger partial charge in [0.05, 0.1) is 0 Å². The van der Waals surface area contributed by atoms with Gasteiger partial charge in [-0.15, -0.1) is 0 Å². The third-order valence-electron chi connectivity index (χ3n) is 5.35. The molecule has 1 aliphatic heterocycles. The Morgan fingerprint density at radius 1 is 1.03 bits per heavy atom. The molecule has 1 saturated heterocycles. The highest BCUT2D eigenvalue weighted by molar-refractivity contribution is 6.30. The number of nitrogens with one attached hydrogen (secondary N) is 1. The SMILES string of the molecule is CC(C)NC(=O)C1CCN(C(=O)C(C(=O)c2ccc(Cl)cc2)n2ccccc2=O)CC1. The van der Waals surface area contributed by atoms with Gasteiger partial charge in [0.15, 0.2) is 11.8 Å². The predicted molar refractivity (Wildman–Crippen MR) is 118 cm³/mol. The highest BCUT2D eigenvalue weighted by Crippen LogP contribution is 2.23. The number of amides is 2. The molecule has 2 heterocycles. The molecule has 0 spiro atoms. The normalized spacial score (nSPS) is 15.5. The number of nitrogens with zero attached hydrogens (tertiary/aromatic N) is 2. The third kappa shape index (κ3) is 5.41.